The quantitative estimate of drug-likeness (QED) is 0.348. The van der Waals surface area contributed by atoms with E-state index in [1.165, 1.54) is 20.9 Å². The summed E-state index contributed by atoms with van der Waals surface area (Å²) in [5.41, 5.74) is 5.64. The molecule has 0 spiro atoms. The zero-order valence-corrected chi connectivity index (χ0v) is 24.8. The topological polar surface area (TPSA) is 74.8 Å². The Morgan fingerprint density at radius 3 is 1.90 bits per heavy atom. The summed E-state index contributed by atoms with van der Waals surface area (Å²) in [7, 11) is 0. The molecule has 208 valence electrons. The third-order valence-corrected chi connectivity index (χ3v) is 8.61. The minimum atomic E-state index is -0.651. The SMILES string of the molecule is Cc1cc(N2C(=O)C3CC(C)C(C(=O)N(C=O)C(C)(C)C)CC3C2=O)ccc1-c1ccc(C(C)(C)C)cc1C. The average molecular weight is 531 g/mol. The second-order valence-electron chi connectivity index (χ2n) is 13.5. The lowest BCUT2D eigenvalue weighted by Gasteiger charge is -2.39. The molecule has 2 fully saturated rings. The Labute approximate surface area is 232 Å². The number of carbonyl (C=O) groups excluding carboxylic acids is 4. The number of anilines is 1. The van der Waals surface area contributed by atoms with Crippen LogP contribution in [-0.4, -0.2) is 34.6 Å². The van der Waals surface area contributed by atoms with Gasteiger partial charge >= 0.3 is 0 Å². The Balaban J connectivity index is 1.61. The monoisotopic (exact) mass is 530 g/mol. The predicted octanol–water partition coefficient (Wildman–Crippen LogP) is 6.20. The van der Waals surface area contributed by atoms with Crippen LogP contribution in [0.5, 0.6) is 0 Å². The second kappa shape index (κ2) is 10.0. The lowest BCUT2D eigenvalue weighted by Crippen LogP contribution is -2.50. The van der Waals surface area contributed by atoms with Crippen LogP contribution < -0.4 is 4.90 Å². The summed E-state index contributed by atoms with van der Waals surface area (Å²) in [6, 6.07) is 12.3. The van der Waals surface area contributed by atoms with Crippen molar-refractivity contribution in [3.05, 3.63) is 53.1 Å². The number of nitrogens with zero attached hydrogens (tertiary/aromatic N) is 2. The summed E-state index contributed by atoms with van der Waals surface area (Å²) in [5.74, 6) is -2.29. The normalized spacial score (nSPS) is 23.6. The van der Waals surface area contributed by atoms with Crippen molar-refractivity contribution < 1.29 is 19.2 Å². The first-order chi connectivity index (χ1) is 18.1. The predicted molar refractivity (Wildman–Crippen MR) is 154 cm³/mol. The first-order valence-electron chi connectivity index (χ1n) is 13.9. The lowest BCUT2D eigenvalue weighted by atomic mass is 9.69. The summed E-state index contributed by atoms with van der Waals surface area (Å²) in [5, 5.41) is 0. The van der Waals surface area contributed by atoms with Gasteiger partial charge in [-0.25, -0.2) is 0 Å². The molecule has 1 saturated carbocycles. The van der Waals surface area contributed by atoms with Crippen molar-refractivity contribution in [2.45, 2.75) is 86.1 Å². The minimum absolute atomic E-state index is 0.0643. The third-order valence-electron chi connectivity index (χ3n) is 8.61. The van der Waals surface area contributed by atoms with Crippen LogP contribution in [0.3, 0.4) is 0 Å². The molecular formula is C33H42N2O4. The van der Waals surface area contributed by atoms with Crippen LogP contribution in [0.2, 0.25) is 0 Å². The number of amides is 4. The maximum Gasteiger partial charge on any atom is 0.237 e. The van der Waals surface area contributed by atoms with Gasteiger partial charge in [0, 0.05) is 11.5 Å². The van der Waals surface area contributed by atoms with E-state index in [2.05, 4.69) is 45.9 Å². The maximum absolute atomic E-state index is 13.6. The summed E-state index contributed by atoms with van der Waals surface area (Å²) >= 11 is 0. The van der Waals surface area contributed by atoms with Crippen molar-refractivity contribution >= 4 is 29.8 Å². The Morgan fingerprint density at radius 1 is 0.872 bits per heavy atom. The van der Waals surface area contributed by atoms with Crippen LogP contribution in [0.15, 0.2) is 36.4 Å². The van der Waals surface area contributed by atoms with Crippen molar-refractivity contribution in [3.63, 3.8) is 0 Å². The molecule has 1 saturated heterocycles. The number of rotatable bonds is 4. The van der Waals surface area contributed by atoms with Crippen molar-refractivity contribution in [1.29, 1.82) is 0 Å². The summed E-state index contributed by atoms with van der Waals surface area (Å²) in [6.07, 6.45) is 1.32. The number of benzene rings is 2. The number of fused-ring (bicyclic) bond motifs is 1. The summed E-state index contributed by atoms with van der Waals surface area (Å²) in [6.45, 7) is 18.1. The van der Waals surface area contributed by atoms with Gasteiger partial charge in [-0.1, -0.05) is 52.0 Å². The maximum atomic E-state index is 13.6. The Kier molecular flexibility index (Phi) is 7.39. The molecule has 6 nitrogen and oxygen atoms in total. The number of imide groups is 2. The Bertz CT molecular complexity index is 1330. The molecule has 0 radical (unpaired) electrons. The molecule has 2 aromatic carbocycles. The van der Waals surface area contributed by atoms with Gasteiger partial charge in [-0.2, -0.15) is 0 Å². The number of carbonyl (C=O) groups is 4. The third kappa shape index (κ3) is 5.18. The van der Waals surface area contributed by atoms with Gasteiger partial charge in [-0.05, 0) is 98.7 Å². The first-order valence-corrected chi connectivity index (χ1v) is 13.9. The highest BCUT2D eigenvalue weighted by molar-refractivity contribution is 6.22. The molecule has 6 heteroatoms. The minimum Gasteiger partial charge on any atom is -0.280 e. The lowest BCUT2D eigenvalue weighted by molar-refractivity contribution is -0.150. The van der Waals surface area contributed by atoms with E-state index >= 15 is 0 Å². The van der Waals surface area contributed by atoms with Crippen LogP contribution in [0.4, 0.5) is 5.69 Å². The molecular weight excluding hydrogens is 488 g/mol. The fraction of sp³-hybridized carbons (Fsp3) is 0.515. The van der Waals surface area contributed by atoms with Crippen LogP contribution >= 0.6 is 0 Å². The Morgan fingerprint density at radius 2 is 1.41 bits per heavy atom. The van der Waals surface area contributed by atoms with E-state index in [0.717, 1.165) is 16.7 Å². The molecule has 4 amide bonds. The van der Waals surface area contributed by atoms with E-state index in [9.17, 15) is 19.2 Å². The van der Waals surface area contributed by atoms with Gasteiger partial charge in [0.2, 0.25) is 24.1 Å². The van der Waals surface area contributed by atoms with Gasteiger partial charge in [-0.3, -0.25) is 29.0 Å². The largest absolute Gasteiger partial charge is 0.280 e. The second-order valence-corrected chi connectivity index (χ2v) is 13.5. The van der Waals surface area contributed by atoms with Crippen molar-refractivity contribution in [2.24, 2.45) is 23.7 Å². The molecule has 4 unspecified atom stereocenters. The van der Waals surface area contributed by atoms with Gasteiger partial charge in [0.1, 0.15) is 0 Å². The van der Waals surface area contributed by atoms with Crippen molar-refractivity contribution in [3.8, 4) is 11.1 Å². The molecule has 2 aromatic rings. The summed E-state index contributed by atoms with van der Waals surface area (Å²) < 4.78 is 0. The van der Waals surface area contributed by atoms with Crippen LogP contribution in [-0.2, 0) is 24.6 Å². The molecule has 1 heterocycles. The van der Waals surface area contributed by atoms with E-state index < -0.39 is 23.3 Å². The highest BCUT2D eigenvalue weighted by atomic mass is 16.2. The highest BCUT2D eigenvalue weighted by Gasteiger charge is 2.54. The van der Waals surface area contributed by atoms with Gasteiger partial charge in [-0.15, -0.1) is 0 Å². The molecule has 4 atom stereocenters. The van der Waals surface area contributed by atoms with E-state index in [1.54, 1.807) is 0 Å². The number of hydrogen-bond acceptors (Lipinski definition) is 4. The van der Waals surface area contributed by atoms with Gasteiger partial charge in [0.25, 0.3) is 0 Å². The summed E-state index contributed by atoms with van der Waals surface area (Å²) in [4.78, 5) is 54.8. The fourth-order valence-corrected chi connectivity index (χ4v) is 6.22. The zero-order valence-electron chi connectivity index (χ0n) is 24.8. The number of aryl methyl sites for hydroxylation is 2. The molecule has 0 N–H and O–H groups in total. The van der Waals surface area contributed by atoms with E-state index in [1.807, 2.05) is 52.8 Å². The van der Waals surface area contributed by atoms with E-state index in [0.29, 0.717) is 18.5 Å². The van der Waals surface area contributed by atoms with Gasteiger partial charge in [0.05, 0.1) is 17.5 Å². The van der Waals surface area contributed by atoms with Crippen LogP contribution in [0.25, 0.3) is 11.1 Å². The molecule has 2 aliphatic rings. The number of hydrogen-bond donors (Lipinski definition) is 0. The Hall–Kier alpha value is -3.28. The van der Waals surface area contributed by atoms with Crippen molar-refractivity contribution in [2.75, 3.05) is 4.90 Å². The molecule has 0 bridgehead atoms. The smallest absolute Gasteiger partial charge is 0.237 e. The first kappa shape index (κ1) is 28.7. The zero-order chi connectivity index (χ0) is 29.0. The molecule has 1 aliphatic carbocycles. The van der Waals surface area contributed by atoms with Crippen LogP contribution in [0, 0.1) is 37.5 Å². The molecule has 39 heavy (non-hydrogen) atoms. The molecule has 0 aromatic heterocycles. The fourth-order valence-electron chi connectivity index (χ4n) is 6.22. The highest BCUT2D eigenvalue weighted by Crippen LogP contribution is 2.46. The average Bonchev–Trinajstić information content (AvgIpc) is 3.06. The molecule has 1 aliphatic heterocycles. The van der Waals surface area contributed by atoms with E-state index in [4.69, 9.17) is 0 Å². The van der Waals surface area contributed by atoms with Gasteiger partial charge in [0.15, 0.2) is 0 Å². The molecule has 4 rings (SSSR count). The standard InChI is InChI=1S/C33H42N2O4/c1-19-14-22(32(4,5)6)10-12-24(19)25-13-11-23(15-20(25)2)35-30(38)27-16-21(3)26(17-28(27)31(35)39)29(37)34(18-36)33(7,8)9/h10-15,18,21,26-28H,16-17H2,1-9H3. The van der Waals surface area contributed by atoms with Crippen LogP contribution in [0.1, 0.15) is 78.0 Å². The van der Waals surface area contributed by atoms with Gasteiger partial charge < -0.3 is 0 Å². The van der Waals surface area contributed by atoms with Crippen molar-refractivity contribution in [1.82, 2.24) is 4.90 Å². The van der Waals surface area contributed by atoms with E-state index in [-0.39, 0.29) is 35.5 Å².